The maximum absolute atomic E-state index is 0. The first-order valence-corrected chi connectivity index (χ1v) is 0. The van der Waals surface area contributed by atoms with Gasteiger partial charge in [0.2, 0.25) is 0 Å². The minimum Gasteiger partial charge on any atom is -0.870 e. The molecular weight excluding hydrogens is 148 g/mol. The SMILES string of the molecule is O.O.O.O.[Mg+2].[OH-].[OH-].[SiH4]. The van der Waals surface area contributed by atoms with Gasteiger partial charge in [-0.1, -0.05) is 0 Å². The minimum atomic E-state index is 0. The first-order chi connectivity index (χ1) is 0. The monoisotopic (exact) mass is 162 g/mol. The maximum Gasteiger partial charge on any atom is 2.00 e. The van der Waals surface area contributed by atoms with E-state index in [0.717, 1.165) is 0 Å². The summed E-state index contributed by atoms with van der Waals surface area (Å²) in [6.07, 6.45) is 0. The third-order valence-electron chi connectivity index (χ3n) is 0. The predicted molar refractivity (Wildman–Crippen MR) is 35.4 cm³/mol. The van der Waals surface area contributed by atoms with E-state index in [2.05, 4.69) is 0 Å². The smallest absolute Gasteiger partial charge is 0.870 e. The molecule has 0 fully saturated rings. The van der Waals surface area contributed by atoms with E-state index < -0.39 is 0 Å². The van der Waals surface area contributed by atoms with Gasteiger partial charge in [0.05, 0.1) is 0 Å². The summed E-state index contributed by atoms with van der Waals surface area (Å²) in [5.74, 6) is 0. The molecule has 0 rings (SSSR count). The molecule has 6 nitrogen and oxygen atoms in total. The molecule has 8 heavy (non-hydrogen) atoms. The molecule has 0 aliphatic rings. The van der Waals surface area contributed by atoms with Crippen LogP contribution >= 0.6 is 0 Å². The molecule has 0 unspecified atom stereocenters. The molecule has 0 aliphatic carbocycles. The average molecular weight is 162 g/mol. The van der Waals surface area contributed by atoms with E-state index in [1.165, 1.54) is 0 Å². The Labute approximate surface area is 67.3 Å². The van der Waals surface area contributed by atoms with Gasteiger partial charge in [0.25, 0.3) is 0 Å². The Morgan fingerprint density at radius 2 is 0.500 bits per heavy atom. The van der Waals surface area contributed by atoms with Crippen LogP contribution in [0.1, 0.15) is 0 Å². The van der Waals surface area contributed by atoms with Gasteiger partial charge in [0.15, 0.2) is 0 Å². The number of hydrogen-bond donors (Lipinski definition) is 0. The van der Waals surface area contributed by atoms with Crippen molar-refractivity contribution in [2.75, 3.05) is 0 Å². The quantitative estimate of drug-likeness (QED) is 0.322. The molecule has 0 amide bonds. The molecule has 0 radical (unpaired) electrons. The van der Waals surface area contributed by atoms with Gasteiger partial charge in [-0.2, -0.15) is 0 Å². The molecule has 8 heteroatoms. The summed E-state index contributed by atoms with van der Waals surface area (Å²) in [6.45, 7) is 0. The van der Waals surface area contributed by atoms with Crippen LogP contribution in [0.15, 0.2) is 0 Å². The van der Waals surface area contributed by atoms with Crippen molar-refractivity contribution in [1.82, 2.24) is 0 Å². The molecule has 0 saturated heterocycles. The Morgan fingerprint density at radius 3 is 0.500 bits per heavy atom. The Balaban J connectivity index is 0. The Morgan fingerprint density at radius 1 is 0.500 bits per heavy atom. The number of hydrogen-bond acceptors (Lipinski definition) is 2. The third-order valence-corrected chi connectivity index (χ3v) is 0. The second kappa shape index (κ2) is 638. The molecule has 0 spiro atoms. The van der Waals surface area contributed by atoms with E-state index in [1.807, 2.05) is 0 Å². The molecule has 0 aromatic carbocycles. The van der Waals surface area contributed by atoms with Crippen LogP contribution in [-0.2, 0) is 0 Å². The molecular formula is H14MgO6Si. The summed E-state index contributed by atoms with van der Waals surface area (Å²) >= 11 is 0. The zero-order valence-corrected chi connectivity index (χ0v) is 5.02. The maximum atomic E-state index is 0. The fourth-order valence-electron chi connectivity index (χ4n) is 0. The number of rotatable bonds is 0. The minimum absolute atomic E-state index is 0. The Hall–Kier alpha value is 0.743. The topological polar surface area (TPSA) is 186 Å². The van der Waals surface area contributed by atoms with Crippen molar-refractivity contribution in [1.29, 1.82) is 0 Å². The second-order valence-corrected chi connectivity index (χ2v) is 0. The van der Waals surface area contributed by atoms with Crippen molar-refractivity contribution >= 4 is 34.0 Å². The summed E-state index contributed by atoms with van der Waals surface area (Å²) in [4.78, 5) is 0. The van der Waals surface area contributed by atoms with E-state index in [0.29, 0.717) is 0 Å². The van der Waals surface area contributed by atoms with Crippen molar-refractivity contribution in [2.24, 2.45) is 0 Å². The fourth-order valence-corrected chi connectivity index (χ4v) is 0. The van der Waals surface area contributed by atoms with E-state index in [1.54, 1.807) is 0 Å². The van der Waals surface area contributed by atoms with Crippen LogP contribution < -0.4 is 0 Å². The van der Waals surface area contributed by atoms with Crippen LogP contribution in [0.5, 0.6) is 0 Å². The Bertz CT molecular complexity index is 8.49. The third kappa shape index (κ3) is 403. The van der Waals surface area contributed by atoms with Crippen molar-refractivity contribution < 1.29 is 32.9 Å². The largest absolute Gasteiger partial charge is 2.00 e. The van der Waals surface area contributed by atoms with Crippen LogP contribution in [0.3, 0.4) is 0 Å². The van der Waals surface area contributed by atoms with Crippen molar-refractivity contribution in [2.45, 2.75) is 0 Å². The van der Waals surface area contributed by atoms with Gasteiger partial charge < -0.3 is 32.9 Å². The van der Waals surface area contributed by atoms with Crippen LogP contribution in [0.2, 0.25) is 0 Å². The van der Waals surface area contributed by atoms with Gasteiger partial charge in [-0.05, 0) is 11.0 Å². The summed E-state index contributed by atoms with van der Waals surface area (Å²) in [5.41, 5.74) is 0. The molecule has 0 heterocycles. The zero-order chi connectivity index (χ0) is 0. The standard InChI is InChI=1S/Mg.6H2O.H4Si/h;6*1H2;1H4/q+2;;;;;;;/p-2. The molecule has 10 N–H and O–H groups in total. The van der Waals surface area contributed by atoms with Gasteiger partial charge in [0.1, 0.15) is 0 Å². The van der Waals surface area contributed by atoms with Crippen LogP contribution in [-0.4, -0.2) is 66.9 Å². The predicted octanol–water partition coefficient (Wildman–Crippen LogP) is -5.48. The van der Waals surface area contributed by atoms with E-state index in [9.17, 15) is 0 Å². The summed E-state index contributed by atoms with van der Waals surface area (Å²) in [6, 6.07) is 0. The van der Waals surface area contributed by atoms with Gasteiger partial charge >= 0.3 is 23.1 Å². The second-order valence-electron chi connectivity index (χ2n) is 0. The van der Waals surface area contributed by atoms with Crippen LogP contribution in [0, 0.1) is 0 Å². The molecule has 0 aromatic rings. The zero-order valence-electron chi connectivity index (χ0n) is 3.60. The molecule has 0 atom stereocenters. The van der Waals surface area contributed by atoms with E-state index >= 15 is 0 Å². The van der Waals surface area contributed by atoms with Gasteiger partial charge in [-0.15, -0.1) is 0 Å². The van der Waals surface area contributed by atoms with Gasteiger partial charge in [0, 0.05) is 0 Å². The average Bonchev–Trinajstić information content (AvgIpc) is 0. The van der Waals surface area contributed by atoms with E-state index in [-0.39, 0.29) is 66.9 Å². The molecule has 0 aliphatic heterocycles. The first kappa shape index (κ1) is 949. The molecule has 0 bridgehead atoms. The van der Waals surface area contributed by atoms with Crippen LogP contribution in [0.4, 0.5) is 0 Å². The normalized spacial score (nSPS) is 0. The summed E-state index contributed by atoms with van der Waals surface area (Å²) in [7, 11) is 0. The Kier molecular flexibility index (Phi) is 75700. The van der Waals surface area contributed by atoms with Gasteiger partial charge in [-0.25, -0.2) is 0 Å². The molecule has 56 valence electrons. The van der Waals surface area contributed by atoms with E-state index in [4.69, 9.17) is 0 Å². The van der Waals surface area contributed by atoms with Gasteiger partial charge in [-0.3, -0.25) is 0 Å². The molecule has 0 saturated carbocycles. The summed E-state index contributed by atoms with van der Waals surface area (Å²) in [5, 5.41) is 0. The van der Waals surface area contributed by atoms with Crippen LogP contribution in [0.25, 0.3) is 0 Å². The fraction of sp³-hybridized carbons (Fsp3) is 0. The van der Waals surface area contributed by atoms with Crippen molar-refractivity contribution in [3.63, 3.8) is 0 Å². The first-order valence-electron chi connectivity index (χ1n) is 0. The van der Waals surface area contributed by atoms with Crippen molar-refractivity contribution in [3.8, 4) is 0 Å². The van der Waals surface area contributed by atoms with Crippen molar-refractivity contribution in [3.05, 3.63) is 0 Å². The molecule has 0 aromatic heterocycles. The summed E-state index contributed by atoms with van der Waals surface area (Å²) < 4.78 is 0.